The third-order valence-electron chi connectivity index (χ3n) is 3.85. The molecule has 0 radical (unpaired) electrons. The molecular weight excluding hydrogens is 226 g/mol. The van der Waals surface area contributed by atoms with Gasteiger partial charge >= 0.3 is 0 Å². The summed E-state index contributed by atoms with van der Waals surface area (Å²) in [4.78, 5) is 4.41. The monoisotopic (exact) mass is 253 g/mol. The van der Waals surface area contributed by atoms with Crippen LogP contribution in [0.2, 0.25) is 0 Å². The van der Waals surface area contributed by atoms with Gasteiger partial charge in [-0.15, -0.1) is 0 Å². The largest absolute Gasteiger partial charge is 0.377 e. The van der Waals surface area contributed by atoms with Crippen molar-refractivity contribution in [1.82, 2.24) is 14.9 Å². The molecule has 0 bridgehead atoms. The Morgan fingerprint density at radius 1 is 1.50 bits per heavy atom. The van der Waals surface area contributed by atoms with Gasteiger partial charge in [0.05, 0.1) is 5.60 Å². The Morgan fingerprint density at radius 3 is 2.67 bits per heavy atom. The molecule has 1 rings (SSSR count). The first kappa shape index (κ1) is 15.2. The number of nitrogens with one attached hydrogen (secondary N) is 1. The molecule has 0 spiro atoms. The summed E-state index contributed by atoms with van der Waals surface area (Å²) >= 11 is 0. The van der Waals surface area contributed by atoms with Crippen LogP contribution in [0.25, 0.3) is 0 Å². The number of aryl methyl sites for hydroxylation is 1. The van der Waals surface area contributed by atoms with Crippen LogP contribution in [0.15, 0.2) is 12.4 Å². The van der Waals surface area contributed by atoms with E-state index in [1.165, 1.54) is 0 Å². The van der Waals surface area contributed by atoms with E-state index >= 15 is 0 Å². The maximum absolute atomic E-state index is 5.74. The van der Waals surface area contributed by atoms with Crippen molar-refractivity contribution in [1.29, 1.82) is 0 Å². The Kier molecular flexibility index (Phi) is 5.82. The van der Waals surface area contributed by atoms with E-state index in [9.17, 15) is 0 Å². The second kappa shape index (κ2) is 6.90. The molecular formula is C14H27N3O. The fraction of sp³-hybridized carbons (Fsp3) is 0.786. The molecule has 4 heteroatoms. The SMILES string of the molecule is CCCNC(Cc1nccn1C)C(C)(CC)OC. The smallest absolute Gasteiger partial charge is 0.110 e. The second-order valence-electron chi connectivity index (χ2n) is 5.04. The van der Waals surface area contributed by atoms with E-state index in [0.717, 1.165) is 31.6 Å². The van der Waals surface area contributed by atoms with Gasteiger partial charge in [-0.1, -0.05) is 13.8 Å². The van der Waals surface area contributed by atoms with Crippen molar-refractivity contribution in [3.05, 3.63) is 18.2 Å². The third kappa shape index (κ3) is 3.56. The normalized spacial score (nSPS) is 16.5. The molecule has 1 heterocycles. The van der Waals surface area contributed by atoms with E-state index < -0.39 is 0 Å². The minimum Gasteiger partial charge on any atom is -0.377 e. The molecule has 104 valence electrons. The molecule has 0 aliphatic carbocycles. The van der Waals surface area contributed by atoms with Gasteiger partial charge in [0.1, 0.15) is 5.82 Å². The molecule has 0 amide bonds. The van der Waals surface area contributed by atoms with Crippen LogP contribution in [-0.4, -0.2) is 34.8 Å². The van der Waals surface area contributed by atoms with Crippen molar-refractivity contribution >= 4 is 0 Å². The van der Waals surface area contributed by atoms with Crippen molar-refractivity contribution < 1.29 is 4.74 Å². The fourth-order valence-electron chi connectivity index (χ4n) is 2.13. The van der Waals surface area contributed by atoms with E-state index in [4.69, 9.17) is 4.74 Å². The van der Waals surface area contributed by atoms with Crippen LogP contribution in [0.1, 0.15) is 39.4 Å². The zero-order valence-electron chi connectivity index (χ0n) is 12.4. The standard InChI is InChI=1S/C14H27N3O/c1-6-8-15-12(14(3,7-2)18-5)11-13-16-9-10-17(13)4/h9-10,12,15H,6-8,11H2,1-5H3. The molecule has 18 heavy (non-hydrogen) atoms. The van der Waals surface area contributed by atoms with Crippen molar-refractivity contribution in [3.8, 4) is 0 Å². The number of aromatic nitrogens is 2. The molecule has 1 aromatic heterocycles. The second-order valence-corrected chi connectivity index (χ2v) is 5.04. The Labute approximate surface area is 111 Å². The summed E-state index contributed by atoms with van der Waals surface area (Å²) in [5.41, 5.74) is -0.152. The minimum atomic E-state index is -0.152. The molecule has 1 aromatic rings. The van der Waals surface area contributed by atoms with Crippen LogP contribution < -0.4 is 5.32 Å². The van der Waals surface area contributed by atoms with E-state index in [2.05, 4.69) is 35.6 Å². The Balaban J connectivity index is 2.81. The van der Waals surface area contributed by atoms with E-state index in [0.29, 0.717) is 0 Å². The number of hydrogen-bond donors (Lipinski definition) is 1. The van der Waals surface area contributed by atoms with Crippen molar-refractivity contribution in [3.63, 3.8) is 0 Å². The highest BCUT2D eigenvalue weighted by Crippen LogP contribution is 2.22. The lowest BCUT2D eigenvalue weighted by Gasteiger charge is -2.36. The maximum Gasteiger partial charge on any atom is 0.110 e. The molecule has 0 saturated carbocycles. The van der Waals surface area contributed by atoms with Crippen LogP contribution in [0.5, 0.6) is 0 Å². The maximum atomic E-state index is 5.74. The fourth-order valence-corrected chi connectivity index (χ4v) is 2.13. The summed E-state index contributed by atoms with van der Waals surface area (Å²) in [6.07, 6.45) is 6.84. The highest BCUT2D eigenvalue weighted by atomic mass is 16.5. The third-order valence-corrected chi connectivity index (χ3v) is 3.85. The first-order valence-corrected chi connectivity index (χ1v) is 6.82. The molecule has 0 aromatic carbocycles. The summed E-state index contributed by atoms with van der Waals surface area (Å²) in [6, 6.07) is 0.286. The highest BCUT2D eigenvalue weighted by molar-refractivity contribution is 5.00. The van der Waals surface area contributed by atoms with Crippen LogP contribution >= 0.6 is 0 Å². The summed E-state index contributed by atoms with van der Waals surface area (Å²) < 4.78 is 7.81. The van der Waals surface area contributed by atoms with Gasteiger partial charge < -0.3 is 14.6 Å². The van der Waals surface area contributed by atoms with E-state index in [1.54, 1.807) is 7.11 Å². The quantitative estimate of drug-likeness (QED) is 0.771. The average molecular weight is 253 g/mol. The van der Waals surface area contributed by atoms with Crippen LogP contribution in [0, 0.1) is 0 Å². The Hall–Kier alpha value is -0.870. The predicted octanol–water partition coefficient (Wildman–Crippen LogP) is 2.15. The molecule has 0 aliphatic heterocycles. The van der Waals surface area contributed by atoms with E-state index in [-0.39, 0.29) is 11.6 Å². The molecule has 4 nitrogen and oxygen atoms in total. The van der Waals surface area contributed by atoms with Crippen LogP contribution in [-0.2, 0) is 18.2 Å². The average Bonchev–Trinajstić information content (AvgIpc) is 2.79. The van der Waals surface area contributed by atoms with Gasteiger partial charge in [-0.3, -0.25) is 0 Å². The summed E-state index contributed by atoms with van der Waals surface area (Å²) in [5, 5.41) is 3.60. The first-order chi connectivity index (χ1) is 8.57. The predicted molar refractivity (Wildman–Crippen MR) is 74.7 cm³/mol. The van der Waals surface area contributed by atoms with Gasteiger partial charge in [0.2, 0.25) is 0 Å². The summed E-state index contributed by atoms with van der Waals surface area (Å²) in [5.74, 6) is 1.10. The van der Waals surface area contributed by atoms with Gasteiger partial charge in [-0.25, -0.2) is 4.98 Å². The van der Waals surface area contributed by atoms with Crippen molar-refractivity contribution in [2.24, 2.45) is 7.05 Å². The molecule has 2 unspecified atom stereocenters. The van der Waals surface area contributed by atoms with E-state index in [1.807, 2.05) is 19.4 Å². The Morgan fingerprint density at radius 2 is 2.22 bits per heavy atom. The number of ether oxygens (including phenoxy) is 1. The lowest BCUT2D eigenvalue weighted by atomic mass is 9.90. The van der Waals surface area contributed by atoms with Gasteiger partial charge in [0.25, 0.3) is 0 Å². The number of methoxy groups -OCH3 is 1. The number of nitrogens with zero attached hydrogens (tertiary/aromatic N) is 2. The zero-order valence-corrected chi connectivity index (χ0v) is 12.4. The minimum absolute atomic E-state index is 0.152. The molecule has 2 atom stereocenters. The number of rotatable bonds is 8. The topological polar surface area (TPSA) is 39.1 Å². The summed E-state index contributed by atoms with van der Waals surface area (Å²) in [6.45, 7) is 7.53. The molecule has 0 fully saturated rings. The van der Waals surface area contributed by atoms with Crippen LogP contribution in [0.3, 0.4) is 0 Å². The Bertz CT molecular complexity index is 345. The zero-order chi connectivity index (χ0) is 13.6. The number of hydrogen-bond acceptors (Lipinski definition) is 3. The number of imidazole rings is 1. The molecule has 0 saturated heterocycles. The lowest BCUT2D eigenvalue weighted by molar-refractivity contribution is -0.0293. The van der Waals surface area contributed by atoms with Gasteiger partial charge in [-0.05, 0) is 26.3 Å². The van der Waals surface area contributed by atoms with Gasteiger partial charge in [0, 0.05) is 39.0 Å². The molecule has 1 N–H and O–H groups in total. The summed E-state index contributed by atoms with van der Waals surface area (Å²) in [7, 11) is 3.83. The van der Waals surface area contributed by atoms with Gasteiger partial charge in [-0.2, -0.15) is 0 Å². The molecule has 0 aliphatic rings. The van der Waals surface area contributed by atoms with Crippen molar-refractivity contribution in [2.75, 3.05) is 13.7 Å². The lowest BCUT2D eigenvalue weighted by Crippen LogP contribution is -2.51. The highest BCUT2D eigenvalue weighted by Gasteiger charge is 2.32. The first-order valence-electron chi connectivity index (χ1n) is 6.82. The van der Waals surface area contributed by atoms with Crippen LogP contribution in [0.4, 0.5) is 0 Å². The van der Waals surface area contributed by atoms with Crippen molar-refractivity contribution in [2.45, 2.75) is 51.7 Å². The van der Waals surface area contributed by atoms with Gasteiger partial charge in [0.15, 0.2) is 0 Å².